The molecule has 0 saturated heterocycles. The highest BCUT2D eigenvalue weighted by Gasteiger charge is 2.18. The van der Waals surface area contributed by atoms with E-state index in [0.29, 0.717) is 47.3 Å². The molecule has 0 aliphatic heterocycles. The van der Waals surface area contributed by atoms with Gasteiger partial charge >= 0.3 is 0 Å². The van der Waals surface area contributed by atoms with Gasteiger partial charge in [0.15, 0.2) is 0 Å². The molecule has 2 N–H and O–H groups in total. The molecular weight excluding hydrogens is 595 g/mol. The first kappa shape index (κ1) is 30.0. The Kier molecular flexibility index (Phi) is 8.26. The molecule has 0 saturated carbocycles. The van der Waals surface area contributed by atoms with E-state index >= 15 is 0 Å². The Morgan fingerprint density at radius 3 is 1.39 bits per heavy atom. The van der Waals surface area contributed by atoms with Crippen molar-refractivity contribution < 1.29 is 0 Å². The Labute approximate surface area is 265 Å². The molecule has 44 heavy (non-hydrogen) atoms. The van der Waals surface area contributed by atoms with E-state index < -0.39 is 0 Å². The number of hydrogen-bond donors (Lipinski definition) is 2. The zero-order valence-electron chi connectivity index (χ0n) is 25.1. The molecule has 0 bridgehead atoms. The van der Waals surface area contributed by atoms with E-state index in [1.807, 2.05) is 110 Å². The first-order valence-electron chi connectivity index (χ1n) is 14.5. The molecule has 0 fully saturated rings. The first-order chi connectivity index (χ1) is 21.2. The second kappa shape index (κ2) is 12.1. The molecule has 4 heterocycles. The number of halogens is 2. The lowest BCUT2D eigenvalue weighted by Gasteiger charge is -2.13. The summed E-state index contributed by atoms with van der Waals surface area (Å²) in [5.41, 5.74) is 7.71. The zero-order chi connectivity index (χ0) is 31.1. The van der Waals surface area contributed by atoms with Crippen molar-refractivity contribution in [2.24, 2.45) is 0 Å². The molecule has 2 aromatic carbocycles. The summed E-state index contributed by atoms with van der Waals surface area (Å²) >= 11 is 14.2. The van der Waals surface area contributed by atoms with Gasteiger partial charge in [0.1, 0.15) is 11.0 Å². The lowest BCUT2D eigenvalue weighted by molar-refractivity contribution is 0.609. The van der Waals surface area contributed by atoms with Gasteiger partial charge in [0.05, 0.1) is 10.0 Å². The van der Waals surface area contributed by atoms with Crippen molar-refractivity contribution in [2.45, 2.75) is 26.9 Å². The third-order valence-corrected chi connectivity index (χ3v) is 9.02. The molecule has 0 atom stereocenters. The molecule has 0 aliphatic carbocycles. The van der Waals surface area contributed by atoms with Crippen LogP contribution in [-0.2, 0) is 13.1 Å². The van der Waals surface area contributed by atoms with Gasteiger partial charge in [-0.15, -0.1) is 0 Å². The van der Waals surface area contributed by atoms with Crippen LogP contribution in [0.5, 0.6) is 0 Å². The van der Waals surface area contributed by atoms with E-state index in [0.717, 1.165) is 44.8 Å². The van der Waals surface area contributed by atoms with Crippen LogP contribution in [0.25, 0.3) is 44.4 Å². The van der Waals surface area contributed by atoms with Gasteiger partial charge in [0.25, 0.3) is 11.1 Å². The largest absolute Gasteiger partial charge is 0.318 e. The highest BCUT2D eigenvalue weighted by molar-refractivity contribution is 6.39. The van der Waals surface area contributed by atoms with E-state index in [9.17, 15) is 9.59 Å². The highest BCUT2D eigenvalue weighted by Crippen LogP contribution is 2.42. The van der Waals surface area contributed by atoms with Crippen molar-refractivity contribution in [1.82, 2.24) is 28.6 Å². The van der Waals surface area contributed by atoms with Crippen molar-refractivity contribution in [3.63, 3.8) is 0 Å². The normalized spacial score (nSPS) is 11.7. The van der Waals surface area contributed by atoms with Crippen molar-refractivity contribution in [2.75, 3.05) is 27.2 Å². The Balaban J connectivity index is 1.42. The monoisotopic (exact) mass is 628 g/mol. The molecule has 4 aromatic heterocycles. The fraction of sp³-hybridized carbons (Fsp3) is 0.235. The summed E-state index contributed by atoms with van der Waals surface area (Å²) in [4.78, 5) is 26.6. The smallest absolute Gasteiger partial charge is 0.275 e. The van der Waals surface area contributed by atoms with Crippen molar-refractivity contribution >= 4 is 34.2 Å². The zero-order valence-corrected chi connectivity index (χ0v) is 26.6. The van der Waals surface area contributed by atoms with Crippen LogP contribution < -0.4 is 21.8 Å². The summed E-state index contributed by atoms with van der Waals surface area (Å²) in [6.45, 7) is 6.46. The van der Waals surface area contributed by atoms with Gasteiger partial charge in [0.2, 0.25) is 0 Å². The average molecular weight is 630 g/mol. The van der Waals surface area contributed by atoms with Crippen molar-refractivity contribution in [3.8, 4) is 33.4 Å². The second-order valence-electron chi connectivity index (χ2n) is 11.0. The van der Waals surface area contributed by atoms with E-state index in [4.69, 9.17) is 23.2 Å². The second-order valence-corrected chi connectivity index (χ2v) is 11.8. The van der Waals surface area contributed by atoms with Gasteiger partial charge in [-0.1, -0.05) is 59.6 Å². The first-order valence-corrected chi connectivity index (χ1v) is 15.3. The minimum atomic E-state index is -0.0431. The predicted molar refractivity (Wildman–Crippen MR) is 181 cm³/mol. The Morgan fingerprint density at radius 2 is 1.00 bits per heavy atom. The number of hydrogen-bond acceptors (Lipinski definition) is 4. The summed E-state index contributed by atoms with van der Waals surface area (Å²) in [6.07, 6.45) is 7.81. The van der Waals surface area contributed by atoms with E-state index in [1.54, 1.807) is 9.13 Å². The molecule has 0 aliphatic rings. The number of likely N-dealkylation sites (N-methyl/N-ethyl adjacent to an activating group) is 2. The van der Waals surface area contributed by atoms with E-state index in [1.165, 1.54) is 0 Å². The standard InChI is InChI=1S/C34H34Cl2N6O2/c1-21-17-39-19-23(15-29(39)33(43)41(21)13-11-37-3)25-7-5-9-27(31(25)35)28-10-6-8-26(32(28)36)24-16-30-34(44)42(14-12-38-4)22(2)18-40(30)20-24/h5-10,15-20,37-38H,11-14H2,1-4H3. The number of nitrogens with one attached hydrogen (secondary N) is 2. The van der Waals surface area contributed by atoms with Gasteiger partial charge in [-0.25, -0.2) is 0 Å². The minimum Gasteiger partial charge on any atom is -0.318 e. The molecule has 8 nitrogen and oxygen atoms in total. The number of aromatic nitrogens is 4. The molecule has 226 valence electrons. The molecule has 6 rings (SSSR count). The summed E-state index contributed by atoms with van der Waals surface area (Å²) in [5.74, 6) is 0. The van der Waals surface area contributed by atoms with Gasteiger partial charge in [-0.3, -0.25) is 9.59 Å². The van der Waals surface area contributed by atoms with Gasteiger partial charge in [-0.2, -0.15) is 0 Å². The Hall–Kier alpha value is -4.08. The molecule has 10 heteroatoms. The molecule has 0 radical (unpaired) electrons. The van der Waals surface area contributed by atoms with Crippen LogP contribution in [0.4, 0.5) is 0 Å². The van der Waals surface area contributed by atoms with Crippen LogP contribution in [0.2, 0.25) is 10.0 Å². The lowest BCUT2D eigenvalue weighted by Crippen LogP contribution is -2.28. The maximum atomic E-state index is 13.3. The van der Waals surface area contributed by atoms with Crippen LogP contribution in [0.3, 0.4) is 0 Å². The number of fused-ring (bicyclic) bond motifs is 2. The van der Waals surface area contributed by atoms with Crippen LogP contribution in [0, 0.1) is 13.8 Å². The minimum absolute atomic E-state index is 0.0431. The van der Waals surface area contributed by atoms with Gasteiger partial charge < -0.3 is 28.6 Å². The third-order valence-electron chi connectivity index (χ3n) is 8.21. The summed E-state index contributed by atoms with van der Waals surface area (Å²) in [7, 11) is 3.74. The Bertz CT molecular complexity index is 2000. The van der Waals surface area contributed by atoms with Crippen LogP contribution in [0.1, 0.15) is 11.4 Å². The van der Waals surface area contributed by atoms with Crippen LogP contribution >= 0.6 is 23.2 Å². The third kappa shape index (κ3) is 5.18. The topological polar surface area (TPSA) is 76.9 Å². The molecule has 0 unspecified atom stereocenters. The maximum Gasteiger partial charge on any atom is 0.275 e. The predicted octanol–water partition coefficient (Wildman–Crippen LogP) is 5.88. The van der Waals surface area contributed by atoms with Crippen molar-refractivity contribution in [3.05, 3.63) is 115 Å². The summed E-state index contributed by atoms with van der Waals surface area (Å²) < 4.78 is 7.30. The molecule has 0 amide bonds. The van der Waals surface area contributed by atoms with Crippen LogP contribution in [0.15, 0.2) is 82.9 Å². The maximum absolute atomic E-state index is 13.3. The number of benzene rings is 2. The van der Waals surface area contributed by atoms with Crippen LogP contribution in [-0.4, -0.2) is 45.1 Å². The highest BCUT2D eigenvalue weighted by atomic mass is 35.5. The quantitative estimate of drug-likeness (QED) is 0.210. The fourth-order valence-electron chi connectivity index (χ4n) is 5.88. The lowest BCUT2D eigenvalue weighted by atomic mass is 9.97. The van der Waals surface area contributed by atoms with E-state index in [-0.39, 0.29) is 11.1 Å². The van der Waals surface area contributed by atoms with E-state index in [2.05, 4.69) is 10.6 Å². The molecule has 0 spiro atoms. The SMILES string of the molecule is CNCCn1c(C)cn2cc(-c3cccc(-c4cccc(-c5cc6c(=O)n(CCNC)c(C)cn6c5)c4Cl)c3Cl)cc2c1=O. The Morgan fingerprint density at radius 1 is 0.614 bits per heavy atom. The summed E-state index contributed by atoms with van der Waals surface area (Å²) in [6, 6.07) is 15.5. The summed E-state index contributed by atoms with van der Waals surface area (Å²) in [5, 5.41) is 7.29. The van der Waals surface area contributed by atoms with Crippen molar-refractivity contribution in [1.29, 1.82) is 0 Å². The average Bonchev–Trinajstić information content (AvgIpc) is 3.62. The molecule has 6 aromatic rings. The van der Waals surface area contributed by atoms with Gasteiger partial charge in [0, 0.05) is 95.7 Å². The fourth-order valence-corrected chi connectivity index (χ4v) is 6.55. The van der Waals surface area contributed by atoms with Gasteiger partial charge in [-0.05, 0) is 40.1 Å². The number of aryl methyl sites for hydroxylation is 2. The number of nitrogens with zero attached hydrogens (tertiary/aromatic N) is 4. The number of rotatable bonds is 9. The molecular formula is C34H34Cl2N6O2.